The fraction of sp³-hybridized carbons (Fsp3) is 0.636. The predicted octanol–water partition coefficient (Wildman–Crippen LogP) is 1.95. The molecule has 4 heteroatoms. The third-order valence-corrected chi connectivity index (χ3v) is 3.24. The van der Waals surface area contributed by atoms with E-state index >= 15 is 0 Å². The summed E-state index contributed by atoms with van der Waals surface area (Å²) in [6.45, 7) is 6.59. The number of aromatic nitrogens is 1. The molecule has 15 heavy (non-hydrogen) atoms. The van der Waals surface area contributed by atoms with Gasteiger partial charge >= 0.3 is 0 Å². The second kappa shape index (κ2) is 5.98. The Kier molecular flexibility index (Phi) is 4.91. The third-order valence-electron chi connectivity index (χ3n) is 2.28. The molecule has 0 spiro atoms. The molecule has 0 amide bonds. The number of Topliss-reactive ketones (excluding diaryl/α,β-unsaturated/α-hetero) is 1. The van der Waals surface area contributed by atoms with Gasteiger partial charge in [0.2, 0.25) is 0 Å². The van der Waals surface area contributed by atoms with Gasteiger partial charge in [0, 0.05) is 17.1 Å². The molecule has 1 N–H and O–H groups in total. The van der Waals surface area contributed by atoms with Gasteiger partial charge in [0.1, 0.15) is 5.01 Å². The van der Waals surface area contributed by atoms with Crippen molar-refractivity contribution in [2.45, 2.75) is 39.7 Å². The maximum atomic E-state index is 11.5. The summed E-state index contributed by atoms with van der Waals surface area (Å²) in [6.07, 6.45) is 1.51. The largest absolute Gasteiger partial charge is 0.307 e. The number of nitrogens with one attached hydrogen (secondary N) is 1. The molecule has 1 aromatic heterocycles. The van der Waals surface area contributed by atoms with E-state index in [2.05, 4.69) is 24.1 Å². The van der Waals surface area contributed by atoms with Gasteiger partial charge in [-0.15, -0.1) is 11.3 Å². The molecule has 3 nitrogen and oxygen atoms in total. The molecule has 1 unspecified atom stereocenters. The second-order valence-electron chi connectivity index (χ2n) is 3.79. The molecule has 0 aromatic carbocycles. The molecule has 0 saturated heterocycles. The van der Waals surface area contributed by atoms with Crippen LogP contribution in [0.15, 0.2) is 5.38 Å². The van der Waals surface area contributed by atoms with Gasteiger partial charge in [-0.1, -0.05) is 6.92 Å². The van der Waals surface area contributed by atoms with E-state index < -0.39 is 0 Å². The lowest BCUT2D eigenvalue weighted by Crippen LogP contribution is -2.31. The molecule has 0 saturated carbocycles. The van der Waals surface area contributed by atoms with Crippen molar-refractivity contribution in [3.63, 3.8) is 0 Å². The van der Waals surface area contributed by atoms with Crippen molar-refractivity contribution in [1.29, 1.82) is 0 Å². The minimum atomic E-state index is 0.213. The van der Waals surface area contributed by atoms with Crippen LogP contribution in [0.3, 0.4) is 0 Å². The van der Waals surface area contributed by atoms with Crippen molar-refractivity contribution in [1.82, 2.24) is 10.3 Å². The minimum absolute atomic E-state index is 0.213. The van der Waals surface area contributed by atoms with E-state index in [-0.39, 0.29) is 5.78 Å². The Morgan fingerprint density at radius 3 is 2.93 bits per heavy atom. The molecule has 1 heterocycles. The standard InChI is InChI=1S/C11H18N2OS/c1-4-8(2)12-6-10(14)5-11-13-9(3)7-15-11/h7-8,12H,4-6H2,1-3H3. The normalized spacial score (nSPS) is 12.7. The zero-order valence-electron chi connectivity index (χ0n) is 9.54. The number of nitrogens with zero attached hydrogens (tertiary/aromatic N) is 1. The van der Waals surface area contributed by atoms with Crippen LogP contribution >= 0.6 is 11.3 Å². The van der Waals surface area contributed by atoms with E-state index in [1.807, 2.05) is 12.3 Å². The minimum Gasteiger partial charge on any atom is -0.307 e. The number of hydrogen-bond acceptors (Lipinski definition) is 4. The molecule has 84 valence electrons. The monoisotopic (exact) mass is 226 g/mol. The fourth-order valence-electron chi connectivity index (χ4n) is 1.15. The van der Waals surface area contributed by atoms with E-state index in [0.29, 0.717) is 19.0 Å². The Hall–Kier alpha value is -0.740. The highest BCUT2D eigenvalue weighted by molar-refractivity contribution is 7.09. The summed E-state index contributed by atoms with van der Waals surface area (Å²) in [6, 6.07) is 0.409. The van der Waals surface area contributed by atoms with Gasteiger partial charge in [-0.05, 0) is 20.3 Å². The lowest BCUT2D eigenvalue weighted by atomic mass is 10.2. The smallest absolute Gasteiger partial charge is 0.153 e. The summed E-state index contributed by atoms with van der Waals surface area (Å²) >= 11 is 1.56. The molecule has 1 rings (SSSR count). The molecule has 0 bridgehead atoms. The number of carbonyl (C=O) groups excluding carboxylic acids is 1. The van der Waals surface area contributed by atoms with Gasteiger partial charge in [0.25, 0.3) is 0 Å². The summed E-state index contributed by atoms with van der Waals surface area (Å²) in [4.78, 5) is 15.8. The summed E-state index contributed by atoms with van der Waals surface area (Å²) in [5.41, 5.74) is 0.998. The number of ketones is 1. The zero-order chi connectivity index (χ0) is 11.3. The zero-order valence-corrected chi connectivity index (χ0v) is 10.4. The van der Waals surface area contributed by atoms with Crippen LogP contribution in [0.25, 0.3) is 0 Å². The van der Waals surface area contributed by atoms with Crippen LogP contribution in [0.2, 0.25) is 0 Å². The van der Waals surface area contributed by atoms with E-state index in [4.69, 9.17) is 0 Å². The Labute approximate surface area is 94.9 Å². The number of carbonyl (C=O) groups is 1. The molecule has 1 atom stereocenters. The molecule has 0 aliphatic heterocycles. The van der Waals surface area contributed by atoms with Crippen LogP contribution in [0.5, 0.6) is 0 Å². The van der Waals surface area contributed by atoms with Gasteiger partial charge < -0.3 is 5.32 Å². The summed E-state index contributed by atoms with van der Waals surface area (Å²) in [5, 5.41) is 6.08. The van der Waals surface area contributed by atoms with Crippen molar-refractivity contribution in [3.05, 3.63) is 16.1 Å². The van der Waals surface area contributed by atoms with Gasteiger partial charge in [-0.3, -0.25) is 4.79 Å². The summed E-state index contributed by atoms with van der Waals surface area (Å²) in [5.74, 6) is 0.213. The second-order valence-corrected chi connectivity index (χ2v) is 4.73. The maximum absolute atomic E-state index is 11.5. The number of rotatable bonds is 6. The lowest BCUT2D eigenvalue weighted by molar-refractivity contribution is -0.117. The van der Waals surface area contributed by atoms with E-state index in [1.165, 1.54) is 0 Å². The quantitative estimate of drug-likeness (QED) is 0.806. The van der Waals surface area contributed by atoms with E-state index in [1.54, 1.807) is 11.3 Å². The summed E-state index contributed by atoms with van der Waals surface area (Å²) in [7, 11) is 0. The summed E-state index contributed by atoms with van der Waals surface area (Å²) < 4.78 is 0. The van der Waals surface area contributed by atoms with Crippen LogP contribution in [-0.2, 0) is 11.2 Å². The topological polar surface area (TPSA) is 42.0 Å². The molecule has 1 aromatic rings. The average molecular weight is 226 g/mol. The molecular weight excluding hydrogens is 208 g/mol. The van der Waals surface area contributed by atoms with E-state index in [9.17, 15) is 4.79 Å². The van der Waals surface area contributed by atoms with Crippen molar-refractivity contribution in [2.75, 3.05) is 6.54 Å². The molecule has 0 radical (unpaired) electrons. The fourth-order valence-corrected chi connectivity index (χ4v) is 1.95. The molecule has 0 aliphatic carbocycles. The van der Waals surface area contributed by atoms with Gasteiger partial charge in [0.05, 0.1) is 13.0 Å². The average Bonchev–Trinajstić information content (AvgIpc) is 2.60. The van der Waals surface area contributed by atoms with E-state index in [0.717, 1.165) is 17.1 Å². The van der Waals surface area contributed by atoms with Crippen LogP contribution in [0, 0.1) is 6.92 Å². The predicted molar refractivity (Wildman–Crippen MR) is 63.3 cm³/mol. The first-order chi connectivity index (χ1) is 7.11. The first-order valence-electron chi connectivity index (χ1n) is 5.28. The van der Waals surface area contributed by atoms with Crippen LogP contribution in [-0.4, -0.2) is 23.4 Å². The lowest BCUT2D eigenvalue weighted by Gasteiger charge is -2.09. The van der Waals surface area contributed by atoms with Gasteiger partial charge in [0.15, 0.2) is 5.78 Å². The Morgan fingerprint density at radius 2 is 2.40 bits per heavy atom. The van der Waals surface area contributed by atoms with Crippen molar-refractivity contribution >= 4 is 17.1 Å². The number of thiazole rings is 1. The highest BCUT2D eigenvalue weighted by atomic mass is 32.1. The van der Waals surface area contributed by atoms with Crippen LogP contribution in [0.4, 0.5) is 0 Å². The van der Waals surface area contributed by atoms with Crippen molar-refractivity contribution in [3.8, 4) is 0 Å². The molecular formula is C11H18N2OS. The molecule has 0 aliphatic rings. The Bertz CT molecular complexity index is 322. The Morgan fingerprint density at radius 1 is 1.67 bits per heavy atom. The van der Waals surface area contributed by atoms with Gasteiger partial charge in [-0.2, -0.15) is 0 Å². The number of aryl methyl sites for hydroxylation is 1. The highest BCUT2D eigenvalue weighted by Gasteiger charge is 2.07. The maximum Gasteiger partial charge on any atom is 0.153 e. The first kappa shape index (κ1) is 12.3. The SMILES string of the molecule is CCC(C)NCC(=O)Cc1nc(C)cs1. The van der Waals surface area contributed by atoms with Crippen LogP contribution < -0.4 is 5.32 Å². The first-order valence-corrected chi connectivity index (χ1v) is 6.16. The molecule has 0 fully saturated rings. The van der Waals surface area contributed by atoms with Gasteiger partial charge in [-0.25, -0.2) is 4.98 Å². The third kappa shape index (κ3) is 4.53. The van der Waals surface area contributed by atoms with Crippen molar-refractivity contribution < 1.29 is 4.79 Å². The van der Waals surface area contributed by atoms with Crippen molar-refractivity contribution in [2.24, 2.45) is 0 Å². The Balaban J connectivity index is 2.30. The highest BCUT2D eigenvalue weighted by Crippen LogP contribution is 2.09. The number of hydrogen-bond donors (Lipinski definition) is 1. The van der Waals surface area contributed by atoms with Crippen LogP contribution in [0.1, 0.15) is 31.0 Å².